The predicted molar refractivity (Wildman–Crippen MR) is 302 cm³/mol. The third-order valence-electron chi connectivity index (χ3n) is 13.4. The zero-order chi connectivity index (χ0) is 58.4. The summed E-state index contributed by atoms with van der Waals surface area (Å²) in [6, 6.07) is 10.3. The van der Waals surface area contributed by atoms with Gasteiger partial charge in [-0.3, -0.25) is 53.1 Å². The summed E-state index contributed by atoms with van der Waals surface area (Å²) in [6.45, 7) is 1.35. The lowest BCUT2D eigenvalue weighted by atomic mass is 9.97. The van der Waals surface area contributed by atoms with Crippen LogP contribution in [0.2, 0.25) is 0 Å². The van der Waals surface area contributed by atoms with Crippen molar-refractivity contribution < 1.29 is 43.2 Å². The Morgan fingerprint density at radius 2 is 1.27 bits per heavy atom. The number of imidazole rings is 1. The zero-order valence-corrected chi connectivity index (χ0v) is 44.9. The summed E-state index contributed by atoms with van der Waals surface area (Å²) < 4.78 is 0. The molecule has 3 aromatic carbocycles. The van der Waals surface area contributed by atoms with E-state index in [0.717, 1.165) is 21.7 Å². The van der Waals surface area contributed by atoms with Gasteiger partial charge in [0.05, 0.1) is 12.7 Å². The van der Waals surface area contributed by atoms with Crippen LogP contribution in [0.25, 0.3) is 21.7 Å². The van der Waals surface area contributed by atoms with Crippen molar-refractivity contribution in [3.05, 3.63) is 102 Å². The van der Waals surface area contributed by atoms with Crippen molar-refractivity contribution in [2.24, 2.45) is 38.7 Å². The van der Waals surface area contributed by atoms with Crippen molar-refractivity contribution in [3.8, 4) is 0 Å². The van der Waals surface area contributed by atoms with Crippen molar-refractivity contribution >= 4 is 86.8 Å². The molecule has 1 saturated heterocycles. The van der Waals surface area contributed by atoms with Crippen LogP contribution < -0.4 is 71.2 Å². The van der Waals surface area contributed by atoms with Gasteiger partial charge in [0.15, 0.2) is 11.9 Å². The number of H-pyrrole nitrogens is 2. The number of amides is 9. The lowest BCUT2D eigenvalue weighted by Crippen LogP contribution is -2.61. The molecule has 3 heterocycles. The predicted octanol–water partition coefficient (Wildman–Crippen LogP) is -2.23. The average molecular weight is 1120 g/mol. The number of nitrogens with one attached hydrogen (secondary N) is 10. The molecule has 20 N–H and O–H groups in total. The van der Waals surface area contributed by atoms with Gasteiger partial charge < -0.3 is 81.2 Å². The Hall–Kier alpha value is -9.56. The number of primary amides is 1. The summed E-state index contributed by atoms with van der Waals surface area (Å²) in [4.78, 5) is 145. The van der Waals surface area contributed by atoms with Crippen LogP contribution in [-0.4, -0.2) is 142 Å². The van der Waals surface area contributed by atoms with Crippen LogP contribution in [0.1, 0.15) is 75.1 Å². The lowest BCUT2D eigenvalue weighted by Gasteiger charge is -2.28. The fourth-order valence-corrected chi connectivity index (χ4v) is 9.33. The molecular formula is C54H72N18O9. The summed E-state index contributed by atoms with van der Waals surface area (Å²) >= 11 is 0. The molecule has 81 heavy (non-hydrogen) atoms. The highest BCUT2D eigenvalue weighted by Crippen LogP contribution is 2.22. The second-order valence-corrected chi connectivity index (χ2v) is 19.7. The molecular weight excluding hydrogens is 1040 g/mol. The van der Waals surface area contributed by atoms with E-state index in [2.05, 4.69) is 67.5 Å². The number of aromatic amines is 2. The molecule has 0 spiro atoms. The number of carbonyl (C=O) groups is 9. The molecule has 1 fully saturated rings. The van der Waals surface area contributed by atoms with Gasteiger partial charge in [0.25, 0.3) is 0 Å². The number of aliphatic imine (C=N–C) groups is 2. The minimum absolute atomic E-state index is 0.00759. The van der Waals surface area contributed by atoms with Gasteiger partial charge in [0.2, 0.25) is 53.2 Å². The van der Waals surface area contributed by atoms with Gasteiger partial charge in [-0.05, 0) is 72.9 Å². The van der Waals surface area contributed by atoms with E-state index in [1.165, 1.54) is 19.4 Å². The van der Waals surface area contributed by atoms with Crippen molar-refractivity contribution in [1.82, 2.24) is 57.5 Å². The van der Waals surface area contributed by atoms with Gasteiger partial charge in [0.1, 0.15) is 42.3 Å². The van der Waals surface area contributed by atoms with Gasteiger partial charge in [-0.2, -0.15) is 0 Å². The normalized spacial score (nSPS) is 20.5. The molecule has 0 bridgehead atoms. The van der Waals surface area contributed by atoms with E-state index in [-0.39, 0.29) is 95.8 Å². The molecule has 2 aromatic heterocycles. The first-order valence-electron chi connectivity index (χ1n) is 26.6. The fraction of sp³-hybridized carbons (Fsp3) is 0.407. The maximum absolute atomic E-state index is 15.1. The van der Waals surface area contributed by atoms with E-state index in [9.17, 15) is 38.4 Å². The summed E-state index contributed by atoms with van der Waals surface area (Å²) in [5.41, 5.74) is 30.4. The molecule has 1 aliphatic heterocycles. The molecule has 432 valence electrons. The maximum atomic E-state index is 15.1. The molecule has 0 radical (unpaired) electrons. The minimum Gasteiger partial charge on any atom is -0.370 e. The molecule has 1 unspecified atom stereocenters. The van der Waals surface area contributed by atoms with Crippen LogP contribution in [-0.2, 0) is 62.4 Å². The van der Waals surface area contributed by atoms with Crippen LogP contribution in [0.5, 0.6) is 0 Å². The number of guanidine groups is 2. The summed E-state index contributed by atoms with van der Waals surface area (Å²) in [6.07, 6.45) is 4.15. The number of nitrogens with two attached hydrogens (primary N) is 5. The van der Waals surface area contributed by atoms with E-state index < -0.39 is 102 Å². The molecule has 1 aliphatic rings. The highest BCUT2D eigenvalue weighted by Gasteiger charge is 2.36. The standard InChI is InChI=1S/C54H72N18O9/c1-30(73)66-39(18-9-21-62-53(56)57)47(76)72-44-26-45(74)61-20-7-6-17-38(46(55)75)67-49(78)42(24-33-27-64-37-16-5-4-15-36(33)37)69-48(77)40(19-10-22-63-54(58)59)68-50(79)41(23-32-13-8-12-31-11-2-3-14-35(31)32)70-51(80)43(71-52(44)81)25-34-28-60-29-65-34/h2-5,8,11-16,27-29,38-44,64H,6-7,9-10,17-26H2,1H3,(H2,55,75)(H,60,65)(H,61,74)(H,66,73)(H,67,78)(H,68,79)(H,69,77)(H,70,80)(H,71,81)(H,72,76)(H4,56,57,62)(H4,58,59,63)/t38?,39-,40-,41+,42-,43-,44-/m0/s1. The maximum Gasteiger partial charge on any atom is 0.243 e. The molecule has 6 rings (SSSR count). The Bertz CT molecular complexity index is 3070. The number of para-hydroxylation sites is 1. The van der Waals surface area contributed by atoms with E-state index in [1.54, 1.807) is 18.3 Å². The van der Waals surface area contributed by atoms with Crippen LogP contribution in [0.15, 0.2) is 95.4 Å². The topological polar surface area (TPSA) is 449 Å². The van der Waals surface area contributed by atoms with Crippen molar-refractivity contribution in [1.29, 1.82) is 0 Å². The number of hydrogen-bond acceptors (Lipinski definition) is 12. The Morgan fingerprint density at radius 1 is 0.667 bits per heavy atom. The van der Waals surface area contributed by atoms with Crippen LogP contribution in [0.4, 0.5) is 0 Å². The number of nitrogens with zero attached hydrogens (tertiary/aromatic N) is 3. The van der Waals surface area contributed by atoms with E-state index in [4.69, 9.17) is 28.7 Å². The van der Waals surface area contributed by atoms with Gasteiger partial charge in [-0.25, -0.2) is 4.98 Å². The largest absolute Gasteiger partial charge is 0.370 e. The summed E-state index contributed by atoms with van der Waals surface area (Å²) in [5.74, 6) is -7.69. The van der Waals surface area contributed by atoms with Crippen LogP contribution >= 0.6 is 0 Å². The average Bonchev–Trinajstić information content (AvgIpc) is 4.29. The van der Waals surface area contributed by atoms with E-state index in [0.29, 0.717) is 16.8 Å². The smallest absolute Gasteiger partial charge is 0.243 e. The second kappa shape index (κ2) is 30.0. The van der Waals surface area contributed by atoms with Gasteiger partial charge in [-0.1, -0.05) is 60.7 Å². The number of fused-ring (bicyclic) bond motifs is 2. The molecule has 7 atom stereocenters. The Balaban J connectivity index is 1.41. The van der Waals surface area contributed by atoms with Crippen molar-refractivity contribution in [2.45, 2.75) is 120 Å². The third kappa shape index (κ3) is 18.8. The van der Waals surface area contributed by atoms with Crippen molar-refractivity contribution in [3.63, 3.8) is 0 Å². The second-order valence-electron chi connectivity index (χ2n) is 19.7. The van der Waals surface area contributed by atoms with Gasteiger partial charge >= 0.3 is 0 Å². The molecule has 9 amide bonds. The SMILES string of the molecule is CC(=O)N[C@@H](CCCN=C(N)N)C(=O)N[C@H]1CC(=O)NCCCCC(C(N)=O)NC(=O)[C@H](Cc2c[nH]c3ccccc23)NC(=O)[C@H](CCCN=C(N)N)NC(=O)[C@@H](Cc2cccc3ccccc23)NC(=O)[C@H](Cc2cnc[nH]2)NC1=O. The first-order valence-corrected chi connectivity index (χ1v) is 26.6. The van der Waals surface area contributed by atoms with Crippen molar-refractivity contribution in [2.75, 3.05) is 19.6 Å². The molecule has 27 heteroatoms. The van der Waals surface area contributed by atoms with E-state index in [1.807, 2.05) is 54.6 Å². The number of carbonyl (C=O) groups excluding carboxylic acids is 9. The number of aromatic nitrogens is 3. The molecule has 27 nitrogen and oxygen atoms in total. The highest BCUT2D eigenvalue weighted by atomic mass is 16.2. The minimum atomic E-state index is -1.66. The molecule has 5 aromatic rings. The number of benzene rings is 3. The first-order chi connectivity index (χ1) is 38.8. The Labute approximate surface area is 466 Å². The Kier molecular flexibility index (Phi) is 22.5. The van der Waals surface area contributed by atoms with Gasteiger partial charge in [0, 0.05) is 74.8 Å². The molecule has 0 aliphatic carbocycles. The first kappa shape index (κ1) is 60.7. The fourth-order valence-electron chi connectivity index (χ4n) is 9.33. The van der Waals surface area contributed by atoms with Crippen LogP contribution in [0, 0.1) is 0 Å². The third-order valence-corrected chi connectivity index (χ3v) is 13.4. The van der Waals surface area contributed by atoms with Crippen LogP contribution in [0.3, 0.4) is 0 Å². The number of hydrogen-bond donors (Lipinski definition) is 15. The summed E-state index contributed by atoms with van der Waals surface area (Å²) in [5, 5.41) is 23.9. The molecule has 0 saturated carbocycles. The monoisotopic (exact) mass is 1120 g/mol. The van der Waals surface area contributed by atoms with E-state index >= 15 is 4.79 Å². The zero-order valence-electron chi connectivity index (χ0n) is 44.9. The quantitative estimate of drug-likeness (QED) is 0.0251. The summed E-state index contributed by atoms with van der Waals surface area (Å²) in [7, 11) is 0. The highest BCUT2D eigenvalue weighted by molar-refractivity contribution is 5.99. The lowest BCUT2D eigenvalue weighted by molar-refractivity contribution is -0.136. The number of rotatable bonds is 18. The Morgan fingerprint density at radius 3 is 1.95 bits per heavy atom. The van der Waals surface area contributed by atoms with Gasteiger partial charge in [-0.15, -0.1) is 0 Å².